The SMILES string of the molecule is CCC(OC)C(Cc1ccc(C(C)C)cc1)NN. The Bertz CT molecular complexity index is 331. The van der Waals surface area contributed by atoms with Crippen LogP contribution >= 0.6 is 0 Å². The molecule has 102 valence electrons. The van der Waals surface area contributed by atoms with Gasteiger partial charge in [-0.15, -0.1) is 0 Å². The van der Waals surface area contributed by atoms with Crippen molar-refractivity contribution in [2.24, 2.45) is 5.84 Å². The summed E-state index contributed by atoms with van der Waals surface area (Å²) >= 11 is 0. The van der Waals surface area contributed by atoms with Gasteiger partial charge in [-0.3, -0.25) is 11.3 Å². The Hall–Kier alpha value is -0.900. The molecule has 1 rings (SSSR count). The van der Waals surface area contributed by atoms with Crippen LogP contribution in [-0.4, -0.2) is 19.3 Å². The van der Waals surface area contributed by atoms with E-state index >= 15 is 0 Å². The highest BCUT2D eigenvalue weighted by atomic mass is 16.5. The fourth-order valence-corrected chi connectivity index (χ4v) is 2.21. The monoisotopic (exact) mass is 250 g/mol. The Balaban J connectivity index is 2.70. The molecule has 1 aromatic carbocycles. The molecule has 0 fully saturated rings. The van der Waals surface area contributed by atoms with Crippen molar-refractivity contribution in [1.29, 1.82) is 0 Å². The van der Waals surface area contributed by atoms with Crippen molar-refractivity contribution < 1.29 is 4.74 Å². The third-order valence-corrected chi connectivity index (χ3v) is 3.47. The Kier molecular flexibility index (Phi) is 6.33. The van der Waals surface area contributed by atoms with Crippen LogP contribution < -0.4 is 11.3 Å². The summed E-state index contributed by atoms with van der Waals surface area (Å²) in [6.07, 6.45) is 2.00. The second-order valence-electron chi connectivity index (χ2n) is 5.06. The molecule has 3 heteroatoms. The van der Waals surface area contributed by atoms with Gasteiger partial charge in [-0.1, -0.05) is 45.0 Å². The lowest BCUT2D eigenvalue weighted by Gasteiger charge is -2.24. The molecule has 2 atom stereocenters. The fourth-order valence-electron chi connectivity index (χ4n) is 2.21. The van der Waals surface area contributed by atoms with Crippen LogP contribution in [0.25, 0.3) is 0 Å². The number of hydrogen-bond acceptors (Lipinski definition) is 3. The summed E-state index contributed by atoms with van der Waals surface area (Å²) in [6, 6.07) is 8.91. The lowest BCUT2D eigenvalue weighted by atomic mass is 9.97. The molecule has 0 aromatic heterocycles. The van der Waals surface area contributed by atoms with Crippen LogP contribution in [0.1, 0.15) is 44.2 Å². The summed E-state index contributed by atoms with van der Waals surface area (Å²) < 4.78 is 5.44. The molecule has 0 radical (unpaired) electrons. The van der Waals surface area contributed by atoms with Crippen LogP contribution in [0.2, 0.25) is 0 Å². The van der Waals surface area contributed by atoms with Crippen LogP contribution in [-0.2, 0) is 11.2 Å². The average molecular weight is 250 g/mol. The summed E-state index contributed by atoms with van der Waals surface area (Å²) in [6.45, 7) is 6.52. The molecular weight excluding hydrogens is 224 g/mol. The van der Waals surface area contributed by atoms with E-state index in [2.05, 4.69) is 50.5 Å². The predicted molar refractivity (Wildman–Crippen MR) is 76.4 cm³/mol. The Morgan fingerprint density at radius 2 is 1.83 bits per heavy atom. The maximum atomic E-state index is 5.62. The highest BCUT2D eigenvalue weighted by molar-refractivity contribution is 5.25. The molecule has 0 heterocycles. The van der Waals surface area contributed by atoms with Gasteiger partial charge in [0.2, 0.25) is 0 Å². The minimum atomic E-state index is 0.153. The molecule has 0 saturated carbocycles. The molecule has 3 nitrogen and oxygen atoms in total. The number of hydrogen-bond donors (Lipinski definition) is 2. The van der Waals surface area contributed by atoms with E-state index in [1.165, 1.54) is 11.1 Å². The summed E-state index contributed by atoms with van der Waals surface area (Å²) in [5.74, 6) is 6.19. The minimum Gasteiger partial charge on any atom is -0.380 e. The van der Waals surface area contributed by atoms with Crippen molar-refractivity contribution in [3.05, 3.63) is 35.4 Å². The van der Waals surface area contributed by atoms with Gasteiger partial charge in [-0.2, -0.15) is 0 Å². The van der Waals surface area contributed by atoms with Gasteiger partial charge >= 0.3 is 0 Å². The van der Waals surface area contributed by atoms with Gasteiger partial charge in [0.1, 0.15) is 0 Å². The number of nitrogens with two attached hydrogens (primary N) is 1. The summed E-state index contributed by atoms with van der Waals surface area (Å²) in [4.78, 5) is 0. The Morgan fingerprint density at radius 1 is 1.22 bits per heavy atom. The van der Waals surface area contributed by atoms with Crippen molar-refractivity contribution in [3.8, 4) is 0 Å². The molecule has 0 saturated heterocycles. The predicted octanol–water partition coefficient (Wildman–Crippen LogP) is 2.61. The third-order valence-electron chi connectivity index (χ3n) is 3.47. The van der Waals surface area contributed by atoms with E-state index in [4.69, 9.17) is 10.6 Å². The van der Waals surface area contributed by atoms with E-state index < -0.39 is 0 Å². The van der Waals surface area contributed by atoms with Gasteiger partial charge in [-0.25, -0.2) is 0 Å². The second-order valence-corrected chi connectivity index (χ2v) is 5.06. The number of methoxy groups -OCH3 is 1. The van der Waals surface area contributed by atoms with Crippen molar-refractivity contribution >= 4 is 0 Å². The fraction of sp³-hybridized carbons (Fsp3) is 0.600. The van der Waals surface area contributed by atoms with Crippen molar-refractivity contribution in [2.45, 2.75) is 51.7 Å². The van der Waals surface area contributed by atoms with Crippen molar-refractivity contribution in [2.75, 3.05) is 7.11 Å². The molecule has 0 spiro atoms. The van der Waals surface area contributed by atoms with Crippen molar-refractivity contribution in [1.82, 2.24) is 5.43 Å². The van der Waals surface area contributed by atoms with Gasteiger partial charge in [0.25, 0.3) is 0 Å². The van der Waals surface area contributed by atoms with Crippen LogP contribution in [0.4, 0.5) is 0 Å². The zero-order valence-electron chi connectivity index (χ0n) is 11.9. The molecule has 0 aliphatic rings. The zero-order valence-corrected chi connectivity index (χ0v) is 11.9. The average Bonchev–Trinajstić information content (AvgIpc) is 2.39. The summed E-state index contributed by atoms with van der Waals surface area (Å²) in [7, 11) is 1.74. The quantitative estimate of drug-likeness (QED) is 0.577. The first-order chi connectivity index (χ1) is 8.62. The van der Waals surface area contributed by atoms with E-state index in [0.29, 0.717) is 5.92 Å². The Labute approximate surface area is 111 Å². The maximum absolute atomic E-state index is 5.62. The lowest BCUT2D eigenvalue weighted by Crippen LogP contribution is -2.46. The molecule has 0 amide bonds. The van der Waals surface area contributed by atoms with E-state index in [1.54, 1.807) is 7.11 Å². The van der Waals surface area contributed by atoms with Crippen molar-refractivity contribution in [3.63, 3.8) is 0 Å². The largest absolute Gasteiger partial charge is 0.380 e. The standard InChI is InChI=1S/C15H26N2O/c1-5-15(18-4)14(17-16)10-12-6-8-13(9-7-12)11(2)3/h6-9,11,14-15,17H,5,10,16H2,1-4H3. The number of benzene rings is 1. The Morgan fingerprint density at radius 3 is 2.22 bits per heavy atom. The van der Waals surface area contributed by atoms with E-state index in [0.717, 1.165) is 12.8 Å². The van der Waals surface area contributed by atoms with Gasteiger partial charge in [0, 0.05) is 7.11 Å². The lowest BCUT2D eigenvalue weighted by molar-refractivity contribution is 0.0653. The first-order valence-corrected chi connectivity index (χ1v) is 6.70. The topological polar surface area (TPSA) is 47.3 Å². The van der Waals surface area contributed by atoms with Crippen LogP contribution in [0.15, 0.2) is 24.3 Å². The van der Waals surface area contributed by atoms with Gasteiger partial charge in [-0.05, 0) is 29.9 Å². The van der Waals surface area contributed by atoms with Crippen LogP contribution in [0, 0.1) is 0 Å². The van der Waals surface area contributed by atoms with Gasteiger partial charge in [0.05, 0.1) is 12.1 Å². The third kappa shape index (κ3) is 4.09. The molecule has 0 bridgehead atoms. The van der Waals surface area contributed by atoms with Gasteiger partial charge < -0.3 is 4.74 Å². The van der Waals surface area contributed by atoms with Crippen LogP contribution in [0.5, 0.6) is 0 Å². The number of hydrazine groups is 1. The molecule has 0 aliphatic carbocycles. The van der Waals surface area contributed by atoms with E-state index in [-0.39, 0.29) is 12.1 Å². The normalized spacial score (nSPS) is 14.8. The first-order valence-electron chi connectivity index (χ1n) is 6.70. The summed E-state index contributed by atoms with van der Waals surface area (Å²) in [5, 5.41) is 0. The highest BCUT2D eigenvalue weighted by Crippen LogP contribution is 2.16. The van der Waals surface area contributed by atoms with E-state index in [9.17, 15) is 0 Å². The minimum absolute atomic E-state index is 0.153. The second kappa shape index (κ2) is 7.52. The number of rotatable bonds is 7. The number of ether oxygens (including phenoxy) is 1. The number of nitrogens with one attached hydrogen (secondary N) is 1. The summed E-state index contributed by atoms with van der Waals surface area (Å²) in [5.41, 5.74) is 5.52. The molecule has 1 aromatic rings. The molecular formula is C15H26N2O. The maximum Gasteiger partial charge on any atom is 0.0738 e. The van der Waals surface area contributed by atoms with Crippen LogP contribution in [0.3, 0.4) is 0 Å². The van der Waals surface area contributed by atoms with E-state index in [1.807, 2.05) is 0 Å². The first kappa shape index (κ1) is 15.2. The molecule has 0 aliphatic heterocycles. The highest BCUT2D eigenvalue weighted by Gasteiger charge is 2.18. The molecule has 3 N–H and O–H groups in total. The smallest absolute Gasteiger partial charge is 0.0738 e. The zero-order chi connectivity index (χ0) is 13.5. The molecule has 18 heavy (non-hydrogen) atoms. The molecule has 2 unspecified atom stereocenters. The van der Waals surface area contributed by atoms with Gasteiger partial charge in [0.15, 0.2) is 0 Å².